The minimum absolute atomic E-state index is 0.280. The first-order valence-electron chi connectivity index (χ1n) is 6.10. The van der Waals surface area contributed by atoms with Crippen molar-refractivity contribution >= 4 is 5.82 Å². The van der Waals surface area contributed by atoms with Crippen LogP contribution in [-0.2, 0) is 12.6 Å². The number of anilines is 1. The zero-order chi connectivity index (χ0) is 12.8. The van der Waals surface area contributed by atoms with E-state index >= 15 is 0 Å². The molecule has 1 N–H and O–H groups in total. The highest BCUT2D eigenvalue weighted by Gasteiger charge is 2.38. The second kappa shape index (κ2) is 4.12. The summed E-state index contributed by atoms with van der Waals surface area (Å²) in [5.41, 5.74) is -0.160. The van der Waals surface area contributed by atoms with Crippen molar-refractivity contribution in [2.45, 2.75) is 25.1 Å². The first-order valence-corrected chi connectivity index (χ1v) is 6.10. The van der Waals surface area contributed by atoms with Crippen LogP contribution < -0.4 is 10.2 Å². The van der Waals surface area contributed by atoms with E-state index in [9.17, 15) is 13.2 Å². The number of nitrogens with one attached hydrogen (secondary N) is 1. The lowest BCUT2D eigenvalue weighted by Gasteiger charge is -2.42. The van der Waals surface area contributed by atoms with Gasteiger partial charge in [-0.25, -0.2) is 4.98 Å². The minimum Gasteiger partial charge on any atom is -0.351 e. The summed E-state index contributed by atoms with van der Waals surface area (Å²) >= 11 is 0. The number of aromatic nitrogens is 1. The summed E-state index contributed by atoms with van der Waals surface area (Å²) in [6.45, 7) is 2.36. The Kier molecular flexibility index (Phi) is 2.69. The number of hydrogen-bond donors (Lipinski definition) is 1. The molecule has 3 rings (SSSR count). The van der Waals surface area contributed by atoms with E-state index in [0.29, 0.717) is 17.8 Å². The number of fused-ring (bicyclic) bond motifs is 3. The van der Waals surface area contributed by atoms with Crippen LogP contribution in [0, 0.1) is 0 Å². The molecule has 2 aliphatic heterocycles. The molecule has 1 unspecified atom stereocenters. The third-order valence-electron chi connectivity index (χ3n) is 3.69. The van der Waals surface area contributed by atoms with Crippen LogP contribution in [0.1, 0.15) is 17.5 Å². The Labute approximate surface area is 103 Å². The molecule has 1 atom stereocenters. The summed E-state index contributed by atoms with van der Waals surface area (Å²) in [7, 11) is 0. The number of rotatable bonds is 0. The van der Waals surface area contributed by atoms with Gasteiger partial charge >= 0.3 is 6.18 Å². The van der Waals surface area contributed by atoms with Crippen LogP contribution in [0.3, 0.4) is 0 Å². The van der Waals surface area contributed by atoms with Gasteiger partial charge in [0, 0.05) is 37.4 Å². The van der Waals surface area contributed by atoms with E-state index in [4.69, 9.17) is 0 Å². The molecule has 1 fully saturated rings. The molecule has 3 heterocycles. The molecule has 1 aromatic rings. The topological polar surface area (TPSA) is 28.2 Å². The van der Waals surface area contributed by atoms with Gasteiger partial charge in [-0.1, -0.05) is 0 Å². The van der Waals surface area contributed by atoms with Crippen molar-refractivity contribution in [2.24, 2.45) is 0 Å². The molecule has 98 valence electrons. The van der Waals surface area contributed by atoms with Gasteiger partial charge in [0.2, 0.25) is 0 Å². The monoisotopic (exact) mass is 257 g/mol. The van der Waals surface area contributed by atoms with E-state index < -0.39 is 11.7 Å². The van der Waals surface area contributed by atoms with Gasteiger partial charge < -0.3 is 10.2 Å². The first-order chi connectivity index (χ1) is 8.57. The van der Waals surface area contributed by atoms with E-state index in [0.717, 1.165) is 32.1 Å². The van der Waals surface area contributed by atoms with Gasteiger partial charge in [0.15, 0.2) is 0 Å². The maximum atomic E-state index is 12.9. The minimum atomic E-state index is -4.28. The lowest BCUT2D eigenvalue weighted by molar-refractivity contribution is -0.138. The Balaban J connectivity index is 2.05. The van der Waals surface area contributed by atoms with Crippen LogP contribution in [0.4, 0.5) is 19.0 Å². The number of hydrogen-bond acceptors (Lipinski definition) is 3. The Bertz CT molecular complexity index is 458. The molecular weight excluding hydrogens is 243 g/mol. The molecule has 3 nitrogen and oxygen atoms in total. The lowest BCUT2D eigenvalue weighted by Crippen LogP contribution is -2.53. The maximum Gasteiger partial charge on any atom is 0.416 e. The van der Waals surface area contributed by atoms with Crippen LogP contribution >= 0.6 is 0 Å². The van der Waals surface area contributed by atoms with Gasteiger partial charge in [-0.2, -0.15) is 13.2 Å². The smallest absolute Gasteiger partial charge is 0.351 e. The highest BCUT2D eigenvalue weighted by atomic mass is 19.4. The summed E-state index contributed by atoms with van der Waals surface area (Å²) < 4.78 is 38.8. The fourth-order valence-electron chi connectivity index (χ4n) is 2.85. The van der Waals surface area contributed by atoms with Crippen LogP contribution in [-0.4, -0.2) is 30.7 Å². The molecule has 1 aromatic heterocycles. The van der Waals surface area contributed by atoms with Crippen molar-refractivity contribution in [3.8, 4) is 0 Å². The molecular formula is C12H14F3N3. The molecule has 1 saturated heterocycles. The Morgan fingerprint density at radius 1 is 1.39 bits per heavy atom. The molecule has 0 aliphatic carbocycles. The molecule has 0 amide bonds. The van der Waals surface area contributed by atoms with Gasteiger partial charge in [-0.3, -0.25) is 0 Å². The van der Waals surface area contributed by atoms with Crippen LogP contribution in [0.15, 0.2) is 12.3 Å². The van der Waals surface area contributed by atoms with E-state index in [2.05, 4.69) is 10.3 Å². The van der Waals surface area contributed by atoms with E-state index in [1.807, 2.05) is 4.90 Å². The summed E-state index contributed by atoms with van der Waals surface area (Å²) in [5, 5.41) is 3.27. The first kappa shape index (κ1) is 11.8. The molecule has 0 radical (unpaired) electrons. The maximum absolute atomic E-state index is 12.9. The fourth-order valence-corrected chi connectivity index (χ4v) is 2.85. The van der Waals surface area contributed by atoms with Crippen molar-refractivity contribution in [1.29, 1.82) is 0 Å². The molecule has 0 saturated carbocycles. The fraction of sp³-hybridized carbons (Fsp3) is 0.583. The van der Waals surface area contributed by atoms with Crippen LogP contribution in [0.2, 0.25) is 0 Å². The van der Waals surface area contributed by atoms with Gasteiger partial charge in [0.25, 0.3) is 0 Å². The van der Waals surface area contributed by atoms with Crippen LogP contribution in [0.5, 0.6) is 0 Å². The summed E-state index contributed by atoms with van der Waals surface area (Å²) in [6.07, 6.45) is -1.80. The molecule has 0 spiro atoms. The third-order valence-corrected chi connectivity index (χ3v) is 3.69. The predicted molar refractivity (Wildman–Crippen MR) is 61.6 cm³/mol. The third kappa shape index (κ3) is 1.84. The molecule has 0 bridgehead atoms. The average Bonchev–Trinajstić information content (AvgIpc) is 2.36. The quantitative estimate of drug-likeness (QED) is 0.768. The number of piperazine rings is 1. The van der Waals surface area contributed by atoms with Gasteiger partial charge in [-0.15, -0.1) is 0 Å². The second-order valence-electron chi connectivity index (χ2n) is 4.75. The number of nitrogens with zero attached hydrogens (tertiary/aromatic N) is 2. The Morgan fingerprint density at radius 2 is 2.22 bits per heavy atom. The SMILES string of the molecule is FC(F)(F)c1ccnc2c1CCC1CNCCN21. The van der Waals surface area contributed by atoms with Crippen molar-refractivity contribution in [3.05, 3.63) is 23.4 Å². The Hall–Kier alpha value is -1.30. The summed E-state index contributed by atoms with van der Waals surface area (Å²) in [4.78, 5) is 6.19. The van der Waals surface area contributed by atoms with Gasteiger partial charge in [0.05, 0.1) is 5.56 Å². The molecule has 2 aliphatic rings. The van der Waals surface area contributed by atoms with E-state index in [-0.39, 0.29) is 6.04 Å². The highest BCUT2D eigenvalue weighted by molar-refractivity contribution is 5.55. The number of halogens is 3. The van der Waals surface area contributed by atoms with E-state index in [1.54, 1.807) is 0 Å². The van der Waals surface area contributed by atoms with Crippen molar-refractivity contribution < 1.29 is 13.2 Å². The summed E-state index contributed by atoms with van der Waals surface area (Å²) in [5.74, 6) is 0.530. The number of pyridine rings is 1. The summed E-state index contributed by atoms with van der Waals surface area (Å²) in [6, 6.07) is 1.36. The van der Waals surface area contributed by atoms with Crippen LogP contribution in [0.25, 0.3) is 0 Å². The normalized spacial score (nSPS) is 23.5. The average molecular weight is 257 g/mol. The number of alkyl halides is 3. The zero-order valence-corrected chi connectivity index (χ0v) is 9.80. The van der Waals surface area contributed by atoms with Gasteiger partial charge in [0.1, 0.15) is 5.82 Å². The highest BCUT2D eigenvalue weighted by Crippen LogP contribution is 2.39. The van der Waals surface area contributed by atoms with Gasteiger partial charge in [-0.05, 0) is 18.9 Å². The largest absolute Gasteiger partial charge is 0.416 e. The zero-order valence-electron chi connectivity index (χ0n) is 9.80. The van der Waals surface area contributed by atoms with Crippen molar-refractivity contribution in [2.75, 3.05) is 24.5 Å². The molecule has 6 heteroatoms. The lowest BCUT2D eigenvalue weighted by atomic mass is 9.93. The molecule has 18 heavy (non-hydrogen) atoms. The second-order valence-corrected chi connectivity index (χ2v) is 4.75. The van der Waals surface area contributed by atoms with Crippen molar-refractivity contribution in [1.82, 2.24) is 10.3 Å². The Morgan fingerprint density at radius 3 is 3.00 bits per heavy atom. The molecule has 0 aromatic carbocycles. The van der Waals surface area contributed by atoms with Crippen molar-refractivity contribution in [3.63, 3.8) is 0 Å². The standard InChI is InChI=1S/C12H14F3N3/c13-12(14,15)10-3-4-17-11-9(10)2-1-8-7-16-5-6-18(8)11/h3-4,8,16H,1-2,5-7H2. The van der Waals surface area contributed by atoms with E-state index in [1.165, 1.54) is 6.20 Å². The predicted octanol–water partition coefficient (Wildman–Crippen LogP) is 1.82.